The number of para-hydroxylation sites is 1. The SMILES string of the molecule is NC(=O)Nc1ccc(C(=O)N2CCN(c3ccccc3)CC2)cc1. The first-order valence-corrected chi connectivity index (χ1v) is 7.89. The number of carbonyl (C=O) groups is 2. The molecule has 0 saturated carbocycles. The molecule has 1 aliphatic heterocycles. The van der Waals surface area contributed by atoms with Gasteiger partial charge in [0.2, 0.25) is 0 Å². The molecule has 124 valence electrons. The van der Waals surface area contributed by atoms with E-state index in [4.69, 9.17) is 5.73 Å². The van der Waals surface area contributed by atoms with Crippen LogP contribution >= 0.6 is 0 Å². The molecule has 2 aromatic carbocycles. The Bertz CT molecular complexity index is 708. The van der Waals surface area contributed by atoms with Crippen molar-refractivity contribution in [1.82, 2.24) is 4.90 Å². The van der Waals surface area contributed by atoms with E-state index in [2.05, 4.69) is 22.3 Å². The van der Waals surface area contributed by atoms with Gasteiger partial charge in [-0.25, -0.2) is 4.79 Å². The standard InChI is InChI=1S/C18H20N4O2/c19-18(24)20-15-8-6-14(7-9-15)17(23)22-12-10-21(11-13-22)16-4-2-1-3-5-16/h1-9H,10-13H2,(H3,19,20,24). The van der Waals surface area contributed by atoms with E-state index in [-0.39, 0.29) is 5.91 Å². The van der Waals surface area contributed by atoms with Gasteiger partial charge in [-0.2, -0.15) is 0 Å². The number of benzene rings is 2. The molecule has 0 aromatic heterocycles. The number of nitrogens with two attached hydrogens (primary N) is 1. The van der Waals surface area contributed by atoms with Gasteiger partial charge in [0, 0.05) is 43.1 Å². The predicted molar refractivity (Wildman–Crippen MR) is 94.2 cm³/mol. The van der Waals surface area contributed by atoms with Crippen LogP contribution < -0.4 is 16.0 Å². The maximum Gasteiger partial charge on any atom is 0.316 e. The normalized spacial score (nSPS) is 14.3. The van der Waals surface area contributed by atoms with E-state index >= 15 is 0 Å². The second-order valence-corrected chi connectivity index (χ2v) is 5.68. The summed E-state index contributed by atoms with van der Waals surface area (Å²) in [7, 11) is 0. The zero-order valence-electron chi connectivity index (χ0n) is 13.3. The Morgan fingerprint density at radius 1 is 0.875 bits per heavy atom. The van der Waals surface area contributed by atoms with Crippen LogP contribution in [0, 0.1) is 0 Å². The van der Waals surface area contributed by atoms with Gasteiger partial charge in [-0.05, 0) is 36.4 Å². The molecule has 0 atom stereocenters. The summed E-state index contributed by atoms with van der Waals surface area (Å²) in [6.07, 6.45) is 0. The van der Waals surface area contributed by atoms with E-state index in [1.165, 1.54) is 5.69 Å². The van der Waals surface area contributed by atoms with Crippen molar-refractivity contribution in [2.75, 3.05) is 36.4 Å². The van der Waals surface area contributed by atoms with E-state index in [0.29, 0.717) is 24.3 Å². The Morgan fingerprint density at radius 3 is 2.08 bits per heavy atom. The van der Waals surface area contributed by atoms with Gasteiger partial charge >= 0.3 is 6.03 Å². The van der Waals surface area contributed by atoms with Crippen molar-refractivity contribution in [1.29, 1.82) is 0 Å². The lowest BCUT2D eigenvalue weighted by molar-refractivity contribution is 0.0747. The lowest BCUT2D eigenvalue weighted by Crippen LogP contribution is -2.48. The first-order chi connectivity index (χ1) is 11.6. The van der Waals surface area contributed by atoms with Crippen molar-refractivity contribution in [2.24, 2.45) is 5.73 Å². The van der Waals surface area contributed by atoms with Crippen molar-refractivity contribution in [3.05, 3.63) is 60.2 Å². The summed E-state index contributed by atoms with van der Waals surface area (Å²) in [4.78, 5) is 27.5. The summed E-state index contributed by atoms with van der Waals surface area (Å²) in [6, 6.07) is 16.4. The fourth-order valence-electron chi connectivity index (χ4n) is 2.83. The average molecular weight is 324 g/mol. The summed E-state index contributed by atoms with van der Waals surface area (Å²) < 4.78 is 0. The molecule has 3 N–H and O–H groups in total. The zero-order valence-corrected chi connectivity index (χ0v) is 13.3. The lowest BCUT2D eigenvalue weighted by atomic mass is 10.1. The van der Waals surface area contributed by atoms with Crippen LogP contribution in [0.15, 0.2) is 54.6 Å². The van der Waals surface area contributed by atoms with E-state index in [0.717, 1.165) is 13.1 Å². The minimum Gasteiger partial charge on any atom is -0.368 e. The highest BCUT2D eigenvalue weighted by Gasteiger charge is 2.22. The molecule has 6 heteroatoms. The molecule has 2 aromatic rings. The van der Waals surface area contributed by atoms with Crippen LogP contribution in [0.1, 0.15) is 10.4 Å². The molecule has 0 bridgehead atoms. The van der Waals surface area contributed by atoms with Crippen molar-refractivity contribution < 1.29 is 9.59 Å². The highest BCUT2D eigenvalue weighted by molar-refractivity contribution is 5.95. The summed E-state index contributed by atoms with van der Waals surface area (Å²) in [5.74, 6) is 0.00772. The van der Waals surface area contributed by atoms with Crippen molar-refractivity contribution in [3.63, 3.8) is 0 Å². The van der Waals surface area contributed by atoms with E-state index in [1.807, 2.05) is 23.1 Å². The summed E-state index contributed by atoms with van der Waals surface area (Å²) in [5.41, 5.74) is 7.44. The maximum absolute atomic E-state index is 12.6. The van der Waals surface area contributed by atoms with Gasteiger partial charge in [-0.15, -0.1) is 0 Å². The first-order valence-electron chi connectivity index (χ1n) is 7.89. The number of anilines is 2. The third-order valence-corrected chi connectivity index (χ3v) is 4.09. The van der Waals surface area contributed by atoms with Crippen molar-refractivity contribution in [3.8, 4) is 0 Å². The van der Waals surface area contributed by atoms with Crippen LogP contribution in [-0.2, 0) is 0 Å². The van der Waals surface area contributed by atoms with Crippen LogP contribution in [0.3, 0.4) is 0 Å². The van der Waals surface area contributed by atoms with Gasteiger partial charge in [0.25, 0.3) is 5.91 Å². The molecule has 0 unspecified atom stereocenters. The molecular formula is C18H20N4O2. The van der Waals surface area contributed by atoms with Gasteiger partial charge in [0.1, 0.15) is 0 Å². The third kappa shape index (κ3) is 3.65. The fourth-order valence-corrected chi connectivity index (χ4v) is 2.83. The predicted octanol–water partition coefficient (Wildman–Crippen LogP) is 2.14. The highest BCUT2D eigenvalue weighted by Crippen LogP contribution is 2.17. The molecule has 1 saturated heterocycles. The quantitative estimate of drug-likeness (QED) is 0.908. The molecule has 0 radical (unpaired) electrons. The molecule has 3 rings (SSSR count). The zero-order chi connectivity index (χ0) is 16.9. The number of amides is 3. The smallest absolute Gasteiger partial charge is 0.316 e. The van der Waals surface area contributed by atoms with Crippen molar-refractivity contribution in [2.45, 2.75) is 0 Å². The Balaban J connectivity index is 1.60. The second kappa shape index (κ2) is 7.04. The maximum atomic E-state index is 12.6. The monoisotopic (exact) mass is 324 g/mol. The number of hydrogen-bond donors (Lipinski definition) is 2. The summed E-state index contributed by atoms with van der Waals surface area (Å²) in [5, 5.41) is 2.48. The molecule has 1 aliphatic rings. The average Bonchev–Trinajstić information content (AvgIpc) is 2.62. The molecular weight excluding hydrogens is 304 g/mol. The Hall–Kier alpha value is -3.02. The molecule has 0 spiro atoms. The molecule has 6 nitrogen and oxygen atoms in total. The lowest BCUT2D eigenvalue weighted by Gasteiger charge is -2.36. The molecule has 1 heterocycles. The van der Waals surface area contributed by atoms with E-state index in [1.54, 1.807) is 24.3 Å². The Morgan fingerprint density at radius 2 is 1.50 bits per heavy atom. The van der Waals surface area contributed by atoms with Gasteiger partial charge in [-0.1, -0.05) is 18.2 Å². The number of urea groups is 1. The highest BCUT2D eigenvalue weighted by atomic mass is 16.2. The second-order valence-electron chi connectivity index (χ2n) is 5.68. The topological polar surface area (TPSA) is 78.7 Å². The molecule has 3 amide bonds. The van der Waals surface area contributed by atoms with E-state index < -0.39 is 6.03 Å². The van der Waals surface area contributed by atoms with E-state index in [9.17, 15) is 9.59 Å². The Kier molecular flexibility index (Phi) is 4.65. The molecule has 1 fully saturated rings. The molecule has 24 heavy (non-hydrogen) atoms. The number of piperazine rings is 1. The first kappa shape index (κ1) is 15.9. The van der Waals surface area contributed by atoms with Crippen LogP contribution in [-0.4, -0.2) is 43.0 Å². The number of hydrogen-bond acceptors (Lipinski definition) is 3. The largest absolute Gasteiger partial charge is 0.368 e. The van der Waals surface area contributed by atoms with Crippen LogP contribution in [0.5, 0.6) is 0 Å². The summed E-state index contributed by atoms with van der Waals surface area (Å²) >= 11 is 0. The fraction of sp³-hybridized carbons (Fsp3) is 0.222. The number of primary amides is 1. The third-order valence-electron chi connectivity index (χ3n) is 4.09. The number of rotatable bonds is 3. The number of nitrogens with zero attached hydrogens (tertiary/aromatic N) is 2. The minimum absolute atomic E-state index is 0.00772. The van der Waals surface area contributed by atoms with Crippen LogP contribution in [0.2, 0.25) is 0 Å². The van der Waals surface area contributed by atoms with Crippen molar-refractivity contribution >= 4 is 23.3 Å². The van der Waals surface area contributed by atoms with Gasteiger partial charge in [-0.3, -0.25) is 4.79 Å². The Labute approximate surface area is 140 Å². The number of nitrogens with one attached hydrogen (secondary N) is 1. The van der Waals surface area contributed by atoms with Gasteiger partial charge < -0.3 is 20.9 Å². The molecule has 0 aliphatic carbocycles. The summed E-state index contributed by atoms with van der Waals surface area (Å²) in [6.45, 7) is 3.01. The minimum atomic E-state index is -0.619. The van der Waals surface area contributed by atoms with Crippen LogP contribution in [0.4, 0.5) is 16.2 Å². The van der Waals surface area contributed by atoms with Crippen LogP contribution in [0.25, 0.3) is 0 Å². The van der Waals surface area contributed by atoms with Gasteiger partial charge in [0.05, 0.1) is 0 Å². The van der Waals surface area contributed by atoms with Gasteiger partial charge in [0.15, 0.2) is 0 Å². The number of carbonyl (C=O) groups excluding carboxylic acids is 2.